The van der Waals surface area contributed by atoms with Crippen LogP contribution in [0.4, 0.5) is 5.13 Å². The molecule has 108 valence electrons. The Hall–Kier alpha value is -1.99. The molecule has 0 saturated carbocycles. The summed E-state index contributed by atoms with van der Waals surface area (Å²) >= 11 is 1.61. The summed E-state index contributed by atoms with van der Waals surface area (Å²) in [4.78, 5) is 11.9. The first-order valence-electron chi connectivity index (χ1n) is 6.88. The maximum Gasteiger partial charge on any atom is 0.214 e. The summed E-state index contributed by atoms with van der Waals surface area (Å²) in [5.74, 6) is 0. The first-order chi connectivity index (χ1) is 10.3. The van der Waals surface area contributed by atoms with Gasteiger partial charge in [0.15, 0.2) is 0 Å². The molecule has 0 radical (unpaired) electrons. The fraction of sp³-hybridized carbons (Fsp3) is 0.357. The third-order valence-corrected chi connectivity index (χ3v) is 4.72. The average Bonchev–Trinajstić information content (AvgIpc) is 3.21. The number of nitrogens with zero attached hydrogens (tertiary/aromatic N) is 5. The molecule has 4 heterocycles. The Kier molecular flexibility index (Phi) is 3.08. The van der Waals surface area contributed by atoms with Crippen molar-refractivity contribution < 1.29 is 4.74 Å². The summed E-state index contributed by atoms with van der Waals surface area (Å²) < 4.78 is 7.25. The Morgan fingerprint density at radius 3 is 3.10 bits per heavy atom. The van der Waals surface area contributed by atoms with Crippen LogP contribution in [-0.4, -0.2) is 45.9 Å². The number of methoxy groups -OCH3 is 1. The van der Waals surface area contributed by atoms with Crippen LogP contribution in [0.1, 0.15) is 6.42 Å². The second kappa shape index (κ2) is 5.09. The van der Waals surface area contributed by atoms with Crippen LogP contribution in [0, 0.1) is 0 Å². The van der Waals surface area contributed by atoms with Gasteiger partial charge in [0.2, 0.25) is 10.1 Å². The molecule has 7 heteroatoms. The molecule has 0 spiro atoms. The topological polar surface area (TPSA) is 55.5 Å². The number of rotatable bonds is 3. The normalized spacial score (nSPS) is 18.7. The Balaban J connectivity index is 1.62. The maximum atomic E-state index is 5.40. The van der Waals surface area contributed by atoms with E-state index in [4.69, 9.17) is 4.74 Å². The molecule has 0 aromatic carbocycles. The average molecular weight is 301 g/mol. The SMILES string of the molecule is CO[C@@H]1CCN(c2nn3cc(-c4cccnc4)nc3s2)C1. The van der Waals surface area contributed by atoms with Gasteiger partial charge in [-0.2, -0.15) is 0 Å². The summed E-state index contributed by atoms with van der Waals surface area (Å²) in [6.45, 7) is 1.90. The number of imidazole rings is 1. The van der Waals surface area contributed by atoms with Crippen LogP contribution in [-0.2, 0) is 4.74 Å². The Bertz CT molecular complexity index is 722. The van der Waals surface area contributed by atoms with Gasteiger partial charge < -0.3 is 9.64 Å². The smallest absolute Gasteiger partial charge is 0.214 e. The summed E-state index contributed by atoms with van der Waals surface area (Å²) in [6, 6.07) is 3.92. The number of anilines is 1. The van der Waals surface area contributed by atoms with E-state index in [-0.39, 0.29) is 0 Å². The highest BCUT2D eigenvalue weighted by Gasteiger charge is 2.25. The molecule has 1 aliphatic rings. The molecule has 0 bridgehead atoms. The summed E-state index contributed by atoms with van der Waals surface area (Å²) in [6.07, 6.45) is 6.90. The zero-order valence-corrected chi connectivity index (χ0v) is 12.5. The van der Waals surface area contributed by atoms with E-state index in [1.54, 1.807) is 24.6 Å². The fourth-order valence-corrected chi connectivity index (χ4v) is 3.48. The molecular formula is C14H15N5OS. The number of hydrogen-bond donors (Lipinski definition) is 0. The lowest BCUT2D eigenvalue weighted by atomic mass is 10.2. The second-order valence-electron chi connectivity index (χ2n) is 5.07. The number of hydrogen-bond acceptors (Lipinski definition) is 6. The van der Waals surface area contributed by atoms with Crippen molar-refractivity contribution in [2.24, 2.45) is 0 Å². The number of aromatic nitrogens is 4. The predicted molar refractivity (Wildman–Crippen MR) is 81.7 cm³/mol. The van der Waals surface area contributed by atoms with Crippen LogP contribution in [0.15, 0.2) is 30.7 Å². The Morgan fingerprint density at radius 2 is 2.38 bits per heavy atom. The molecule has 21 heavy (non-hydrogen) atoms. The molecule has 0 unspecified atom stereocenters. The van der Waals surface area contributed by atoms with Crippen LogP contribution in [0.25, 0.3) is 16.2 Å². The molecule has 3 aromatic rings. The lowest BCUT2D eigenvalue weighted by Gasteiger charge is -2.13. The first-order valence-corrected chi connectivity index (χ1v) is 7.69. The largest absolute Gasteiger partial charge is 0.380 e. The molecule has 0 N–H and O–H groups in total. The monoisotopic (exact) mass is 301 g/mol. The van der Waals surface area contributed by atoms with Gasteiger partial charge in [0.05, 0.1) is 18.0 Å². The number of pyridine rings is 1. The highest BCUT2D eigenvalue weighted by molar-refractivity contribution is 7.20. The third kappa shape index (κ3) is 2.28. The molecule has 6 nitrogen and oxygen atoms in total. The molecule has 1 fully saturated rings. The third-order valence-electron chi connectivity index (χ3n) is 3.74. The Labute approximate surface area is 126 Å². The van der Waals surface area contributed by atoms with E-state index in [2.05, 4.69) is 20.0 Å². The minimum absolute atomic E-state index is 0.312. The standard InChI is InChI=1S/C14H15N5OS/c1-20-11-4-6-18(8-11)14-17-19-9-12(16-13(19)21-14)10-3-2-5-15-7-10/h2-3,5,7,9,11H,4,6,8H2,1H3/t11-/m1/s1. The van der Waals surface area contributed by atoms with Gasteiger partial charge in [-0.15, -0.1) is 5.10 Å². The van der Waals surface area contributed by atoms with Gasteiger partial charge in [0, 0.05) is 38.2 Å². The number of fused-ring (bicyclic) bond motifs is 1. The summed E-state index contributed by atoms with van der Waals surface area (Å²) in [5, 5.41) is 5.64. The molecule has 1 saturated heterocycles. The lowest BCUT2D eigenvalue weighted by molar-refractivity contribution is 0.121. The first kappa shape index (κ1) is 12.7. The van der Waals surface area contributed by atoms with E-state index in [0.717, 1.165) is 40.9 Å². The van der Waals surface area contributed by atoms with Crippen molar-refractivity contribution in [1.82, 2.24) is 19.6 Å². The molecule has 0 amide bonds. The highest BCUT2D eigenvalue weighted by atomic mass is 32.1. The van der Waals surface area contributed by atoms with Crippen molar-refractivity contribution in [2.75, 3.05) is 25.1 Å². The van der Waals surface area contributed by atoms with E-state index in [1.807, 2.05) is 29.0 Å². The fourth-order valence-electron chi connectivity index (χ4n) is 2.57. The quantitative estimate of drug-likeness (QED) is 0.741. The van der Waals surface area contributed by atoms with E-state index in [9.17, 15) is 0 Å². The van der Waals surface area contributed by atoms with E-state index >= 15 is 0 Å². The summed E-state index contributed by atoms with van der Waals surface area (Å²) in [5.41, 5.74) is 1.92. The van der Waals surface area contributed by atoms with Gasteiger partial charge >= 0.3 is 0 Å². The van der Waals surface area contributed by atoms with Crippen molar-refractivity contribution >= 4 is 21.4 Å². The predicted octanol–water partition coefficient (Wildman–Crippen LogP) is 2.08. The Morgan fingerprint density at radius 1 is 1.43 bits per heavy atom. The molecule has 1 aliphatic heterocycles. The van der Waals surface area contributed by atoms with Gasteiger partial charge in [0.1, 0.15) is 0 Å². The van der Waals surface area contributed by atoms with Crippen LogP contribution < -0.4 is 4.90 Å². The molecule has 1 atom stereocenters. The van der Waals surface area contributed by atoms with Gasteiger partial charge in [0.25, 0.3) is 0 Å². The highest BCUT2D eigenvalue weighted by Crippen LogP contribution is 2.28. The minimum atomic E-state index is 0.312. The zero-order chi connectivity index (χ0) is 14.2. The van der Waals surface area contributed by atoms with Gasteiger partial charge in [-0.25, -0.2) is 9.50 Å². The summed E-state index contributed by atoms with van der Waals surface area (Å²) in [7, 11) is 1.77. The van der Waals surface area contributed by atoms with Crippen molar-refractivity contribution in [3.63, 3.8) is 0 Å². The van der Waals surface area contributed by atoms with E-state index in [1.165, 1.54) is 0 Å². The van der Waals surface area contributed by atoms with Crippen molar-refractivity contribution in [2.45, 2.75) is 12.5 Å². The lowest BCUT2D eigenvalue weighted by Crippen LogP contribution is -2.22. The second-order valence-corrected chi connectivity index (χ2v) is 6.01. The van der Waals surface area contributed by atoms with Crippen molar-refractivity contribution in [3.05, 3.63) is 30.7 Å². The van der Waals surface area contributed by atoms with E-state index < -0.39 is 0 Å². The molecule has 0 aliphatic carbocycles. The van der Waals surface area contributed by atoms with Crippen LogP contribution in [0.3, 0.4) is 0 Å². The number of ether oxygens (including phenoxy) is 1. The van der Waals surface area contributed by atoms with Gasteiger partial charge in [-0.1, -0.05) is 11.3 Å². The molecule has 4 rings (SSSR count). The van der Waals surface area contributed by atoms with Crippen LogP contribution in [0.5, 0.6) is 0 Å². The maximum absolute atomic E-state index is 5.40. The molecule has 3 aromatic heterocycles. The minimum Gasteiger partial charge on any atom is -0.380 e. The van der Waals surface area contributed by atoms with Crippen molar-refractivity contribution in [1.29, 1.82) is 0 Å². The molecular weight excluding hydrogens is 286 g/mol. The van der Waals surface area contributed by atoms with Gasteiger partial charge in [-0.05, 0) is 18.6 Å². The van der Waals surface area contributed by atoms with E-state index in [0.29, 0.717) is 6.10 Å². The van der Waals surface area contributed by atoms with Gasteiger partial charge in [-0.3, -0.25) is 4.98 Å². The van der Waals surface area contributed by atoms with Crippen LogP contribution >= 0.6 is 11.3 Å². The zero-order valence-electron chi connectivity index (χ0n) is 11.6. The van der Waals surface area contributed by atoms with Crippen LogP contribution in [0.2, 0.25) is 0 Å². The van der Waals surface area contributed by atoms with Crippen molar-refractivity contribution in [3.8, 4) is 11.3 Å².